The number of hydrogen-bond acceptors (Lipinski definition) is 3. The van der Waals surface area contributed by atoms with Crippen molar-refractivity contribution in [2.75, 3.05) is 20.2 Å². The van der Waals surface area contributed by atoms with Gasteiger partial charge in [-0.3, -0.25) is 9.98 Å². The van der Waals surface area contributed by atoms with Gasteiger partial charge in [-0.2, -0.15) is 0 Å². The van der Waals surface area contributed by atoms with E-state index in [1.54, 1.807) is 0 Å². The fourth-order valence-corrected chi connectivity index (χ4v) is 5.77. The Morgan fingerprint density at radius 3 is 2.23 bits per heavy atom. The molecule has 0 saturated heterocycles. The van der Waals surface area contributed by atoms with Gasteiger partial charge >= 0.3 is 0 Å². The molecule has 3 heteroatoms. The maximum atomic E-state index is 6.22. The molecule has 2 bridgehead atoms. The van der Waals surface area contributed by atoms with Gasteiger partial charge in [-0.25, -0.2) is 0 Å². The van der Waals surface area contributed by atoms with Crippen LogP contribution in [0.25, 0.3) is 5.57 Å². The zero-order valence-corrected chi connectivity index (χ0v) is 17.0. The first-order valence-electron chi connectivity index (χ1n) is 10.7. The van der Waals surface area contributed by atoms with E-state index >= 15 is 0 Å². The topological polar surface area (TPSA) is 34.0 Å². The number of aliphatic imine (C=N–C) groups is 2. The van der Waals surface area contributed by atoms with E-state index in [1.165, 1.54) is 22.3 Å². The molecule has 148 valence electrons. The fourth-order valence-electron chi connectivity index (χ4n) is 5.77. The first kappa shape index (κ1) is 17.8. The van der Waals surface area contributed by atoms with Gasteiger partial charge in [0.05, 0.1) is 24.5 Å². The summed E-state index contributed by atoms with van der Waals surface area (Å²) in [5, 5.41) is 0. The molecular formula is C27H24N2O. The van der Waals surface area contributed by atoms with E-state index in [0.717, 1.165) is 24.5 Å². The number of methoxy groups -OCH3 is 1. The Morgan fingerprint density at radius 2 is 1.57 bits per heavy atom. The van der Waals surface area contributed by atoms with Crippen molar-refractivity contribution < 1.29 is 4.74 Å². The third-order valence-corrected chi connectivity index (χ3v) is 6.99. The van der Waals surface area contributed by atoms with Gasteiger partial charge < -0.3 is 4.74 Å². The molecule has 0 spiro atoms. The number of allylic oxidation sites excluding steroid dienone is 3. The summed E-state index contributed by atoms with van der Waals surface area (Å²) in [4.78, 5) is 9.81. The maximum absolute atomic E-state index is 6.22. The Hall–Kier alpha value is -3.04. The van der Waals surface area contributed by atoms with Crippen LogP contribution in [0.15, 0.2) is 101 Å². The van der Waals surface area contributed by atoms with Crippen LogP contribution in [0.4, 0.5) is 0 Å². The molecule has 1 heterocycles. The third kappa shape index (κ3) is 2.36. The number of nitrogens with zero attached hydrogens (tertiary/aromatic N) is 2. The fraction of sp³-hybridized carbons (Fsp3) is 0.259. The lowest BCUT2D eigenvalue weighted by molar-refractivity contribution is 0.0290. The molecule has 0 N–H and O–H groups in total. The van der Waals surface area contributed by atoms with E-state index < -0.39 is 5.60 Å². The van der Waals surface area contributed by atoms with E-state index in [9.17, 15) is 0 Å². The predicted molar refractivity (Wildman–Crippen MR) is 122 cm³/mol. The molecule has 0 aromatic heterocycles. The normalized spacial score (nSPS) is 30.6. The quantitative estimate of drug-likeness (QED) is 0.693. The molecular weight excluding hydrogens is 368 g/mol. The Morgan fingerprint density at radius 1 is 0.900 bits per heavy atom. The first-order valence-corrected chi connectivity index (χ1v) is 10.7. The summed E-state index contributed by atoms with van der Waals surface area (Å²) in [5.41, 5.74) is 6.86. The highest BCUT2D eigenvalue weighted by molar-refractivity contribution is 6.49. The van der Waals surface area contributed by atoms with Crippen LogP contribution in [0.1, 0.15) is 11.1 Å². The van der Waals surface area contributed by atoms with E-state index in [2.05, 4.69) is 85.0 Å². The molecule has 1 fully saturated rings. The SMILES string of the molecule is CO[C@]12C=C[C@H](C3=NCCN=C31)[C@H]1C(=C(c3ccccc3)c3ccccc3)C=C[C@H]12. The second kappa shape index (κ2) is 6.75. The van der Waals surface area contributed by atoms with Gasteiger partial charge in [0.2, 0.25) is 0 Å². The van der Waals surface area contributed by atoms with Crippen molar-refractivity contribution in [2.45, 2.75) is 5.60 Å². The van der Waals surface area contributed by atoms with Crippen molar-refractivity contribution in [3.05, 3.63) is 102 Å². The van der Waals surface area contributed by atoms with Gasteiger partial charge in [0, 0.05) is 24.9 Å². The van der Waals surface area contributed by atoms with Gasteiger partial charge in [0.15, 0.2) is 0 Å². The summed E-state index contributed by atoms with van der Waals surface area (Å²) >= 11 is 0. The molecule has 0 radical (unpaired) electrons. The summed E-state index contributed by atoms with van der Waals surface area (Å²) < 4.78 is 6.22. The lowest BCUT2D eigenvalue weighted by Gasteiger charge is -2.51. The Labute approximate surface area is 177 Å². The number of rotatable bonds is 3. The molecule has 5 aliphatic rings. The van der Waals surface area contributed by atoms with Crippen LogP contribution >= 0.6 is 0 Å². The summed E-state index contributed by atoms with van der Waals surface area (Å²) in [5.74, 6) is 0.797. The summed E-state index contributed by atoms with van der Waals surface area (Å²) in [6.45, 7) is 1.53. The van der Waals surface area contributed by atoms with Gasteiger partial charge in [0.25, 0.3) is 0 Å². The summed E-state index contributed by atoms with van der Waals surface area (Å²) in [6, 6.07) is 21.5. The average Bonchev–Trinajstić information content (AvgIpc) is 3.27. The van der Waals surface area contributed by atoms with E-state index in [-0.39, 0.29) is 11.8 Å². The molecule has 1 aliphatic heterocycles. The molecule has 2 aromatic carbocycles. The smallest absolute Gasteiger partial charge is 0.136 e. The van der Waals surface area contributed by atoms with E-state index in [4.69, 9.17) is 14.7 Å². The second-order valence-electron chi connectivity index (χ2n) is 8.35. The van der Waals surface area contributed by atoms with Crippen LogP contribution in [0, 0.1) is 17.8 Å². The van der Waals surface area contributed by atoms with Crippen molar-refractivity contribution in [3.8, 4) is 0 Å². The number of ether oxygens (including phenoxy) is 1. The second-order valence-corrected chi connectivity index (χ2v) is 8.35. The predicted octanol–water partition coefficient (Wildman–Crippen LogP) is 4.77. The Bertz CT molecular complexity index is 1100. The summed E-state index contributed by atoms with van der Waals surface area (Å²) in [6.07, 6.45) is 9.23. The lowest BCUT2D eigenvalue weighted by atomic mass is 9.57. The van der Waals surface area contributed by atoms with Crippen LogP contribution in [0.2, 0.25) is 0 Å². The van der Waals surface area contributed by atoms with E-state index in [1.807, 2.05) is 7.11 Å². The average molecular weight is 393 g/mol. The maximum Gasteiger partial charge on any atom is 0.136 e. The van der Waals surface area contributed by atoms with Crippen LogP contribution in [-0.2, 0) is 4.74 Å². The van der Waals surface area contributed by atoms with Crippen molar-refractivity contribution in [1.82, 2.24) is 0 Å². The molecule has 4 aliphatic carbocycles. The molecule has 2 aromatic rings. The molecule has 3 nitrogen and oxygen atoms in total. The van der Waals surface area contributed by atoms with Crippen molar-refractivity contribution in [2.24, 2.45) is 27.7 Å². The first-order chi connectivity index (χ1) is 14.8. The highest BCUT2D eigenvalue weighted by atomic mass is 16.5. The minimum atomic E-state index is -0.505. The third-order valence-electron chi connectivity index (χ3n) is 6.99. The molecule has 0 amide bonds. The molecule has 30 heavy (non-hydrogen) atoms. The van der Waals surface area contributed by atoms with Crippen LogP contribution in [0.3, 0.4) is 0 Å². The van der Waals surface area contributed by atoms with Crippen LogP contribution < -0.4 is 0 Å². The van der Waals surface area contributed by atoms with Gasteiger partial charge in [-0.05, 0) is 28.3 Å². The van der Waals surface area contributed by atoms with Gasteiger partial charge in [-0.1, -0.05) is 78.9 Å². The number of hydrogen-bond donors (Lipinski definition) is 0. The molecule has 4 atom stereocenters. The van der Waals surface area contributed by atoms with Crippen LogP contribution in [0.5, 0.6) is 0 Å². The van der Waals surface area contributed by atoms with E-state index in [0.29, 0.717) is 5.92 Å². The summed E-state index contributed by atoms with van der Waals surface area (Å²) in [7, 11) is 1.81. The Kier molecular flexibility index (Phi) is 4.00. The minimum absolute atomic E-state index is 0.241. The lowest BCUT2D eigenvalue weighted by Crippen LogP contribution is -2.62. The molecule has 0 unspecified atom stereocenters. The zero-order chi connectivity index (χ0) is 20.1. The zero-order valence-electron chi connectivity index (χ0n) is 17.0. The van der Waals surface area contributed by atoms with Crippen molar-refractivity contribution in [1.29, 1.82) is 0 Å². The molecule has 1 saturated carbocycles. The highest BCUT2D eigenvalue weighted by Gasteiger charge is 2.59. The minimum Gasteiger partial charge on any atom is -0.367 e. The van der Waals surface area contributed by atoms with Gasteiger partial charge in [0.1, 0.15) is 5.60 Å². The monoisotopic (exact) mass is 392 g/mol. The highest BCUT2D eigenvalue weighted by Crippen LogP contribution is 2.55. The van der Waals surface area contributed by atoms with Crippen molar-refractivity contribution in [3.63, 3.8) is 0 Å². The molecule has 7 rings (SSSR count). The Balaban J connectivity index is 1.59. The van der Waals surface area contributed by atoms with Gasteiger partial charge in [-0.15, -0.1) is 0 Å². The largest absolute Gasteiger partial charge is 0.367 e. The van der Waals surface area contributed by atoms with Crippen molar-refractivity contribution >= 4 is 17.0 Å². The standard InChI is InChI=1S/C27H24N2O/c1-30-27-15-14-21(25-26(27)29-17-16-28-25)24-20(12-13-22(24)27)23(18-8-4-2-5-9-18)19-10-6-3-7-11-19/h2-15,21-22,24H,16-17H2,1H3/t21-,22+,24+,27-/m0/s1. The van der Waals surface area contributed by atoms with Crippen LogP contribution in [-0.4, -0.2) is 37.2 Å². The number of benzene rings is 2.